The van der Waals surface area contributed by atoms with Gasteiger partial charge in [0.05, 0.1) is 6.20 Å². The van der Waals surface area contributed by atoms with Gasteiger partial charge in [-0.3, -0.25) is 0 Å². The first-order valence-corrected chi connectivity index (χ1v) is 2.56. The van der Waals surface area contributed by atoms with Gasteiger partial charge in [0.15, 0.2) is 6.39 Å². The monoisotopic (exact) mass is 112 g/mol. The summed E-state index contributed by atoms with van der Waals surface area (Å²) in [7, 11) is 0. The molecule has 0 aromatic carbocycles. The van der Waals surface area contributed by atoms with Gasteiger partial charge in [-0.2, -0.15) is 0 Å². The van der Waals surface area contributed by atoms with E-state index < -0.39 is 0 Å². The highest BCUT2D eigenvalue weighted by atomic mass is 16.4. The van der Waals surface area contributed by atoms with Crippen molar-refractivity contribution in [2.45, 2.75) is 6.92 Å². The van der Waals surface area contributed by atoms with Gasteiger partial charge in [0.2, 0.25) is 5.88 Å². The minimum Gasteiger partial charge on any atom is -0.428 e. The molecule has 3 heteroatoms. The highest BCUT2D eigenvalue weighted by molar-refractivity contribution is 5.24. The second-order valence-electron chi connectivity index (χ2n) is 1.40. The molecule has 0 spiro atoms. The third-order valence-corrected chi connectivity index (χ3v) is 0.783. The summed E-state index contributed by atoms with van der Waals surface area (Å²) in [6.07, 6.45) is 3.04. The second kappa shape index (κ2) is 2.35. The molecule has 0 aliphatic carbocycles. The highest BCUT2D eigenvalue weighted by Gasteiger charge is 1.87. The van der Waals surface area contributed by atoms with E-state index in [1.54, 1.807) is 6.20 Å². The Morgan fingerprint density at radius 3 is 3.25 bits per heavy atom. The molecule has 0 saturated carbocycles. The zero-order valence-electron chi connectivity index (χ0n) is 4.72. The fraction of sp³-hybridized carbons (Fsp3) is 0.400. The van der Waals surface area contributed by atoms with Gasteiger partial charge in [0.25, 0.3) is 0 Å². The van der Waals surface area contributed by atoms with Gasteiger partial charge in [-0.15, -0.1) is 0 Å². The Morgan fingerprint density at radius 2 is 2.75 bits per heavy atom. The lowest BCUT2D eigenvalue weighted by Gasteiger charge is -1.91. The van der Waals surface area contributed by atoms with Crippen molar-refractivity contribution in [3.63, 3.8) is 0 Å². The standard InChI is InChI=1S/C5H8N2O/c1-2-7-5-3-6-4-8-5/h3-4,7H,2H2,1H3. The maximum atomic E-state index is 4.85. The maximum absolute atomic E-state index is 4.85. The molecule has 0 fully saturated rings. The average molecular weight is 112 g/mol. The van der Waals surface area contributed by atoms with E-state index in [1.807, 2.05) is 6.92 Å². The lowest BCUT2D eigenvalue weighted by Crippen LogP contribution is -1.93. The predicted molar refractivity (Wildman–Crippen MR) is 30.7 cm³/mol. The number of anilines is 1. The number of nitrogens with zero attached hydrogens (tertiary/aromatic N) is 1. The van der Waals surface area contributed by atoms with Crippen LogP contribution < -0.4 is 5.32 Å². The molecule has 1 aromatic rings. The van der Waals surface area contributed by atoms with Crippen molar-refractivity contribution in [3.05, 3.63) is 12.6 Å². The summed E-state index contributed by atoms with van der Waals surface area (Å²) in [4.78, 5) is 3.71. The molecule has 1 rings (SSSR count). The van der Waals surface area contributed by atoms with E-state index in [-0.39, 0.29) is 0 Å². The first kappa shape index (κ1) is 5.15. The van der Waals surface area contributed by atoms with Crippen LogP contribution in [-0.2, 0) is 0 Å². The average Bonchev–Trinajstić information content (AvgIpc) is 2.19. The van der Waals surface area contributed by atoms with Crippen molar-refractivity contribution < 1.29 is 4.42 Å². The van der Waals surface area contributed by atoms with E-state index in [1.165, 1.54) is 6.39 Å². The summed E-state index contributed by atoms with van der Waals surface area (Å²) in [6, 6.07) is 0. The first-order chi connectivity index (χ1) is 3.93. The number of oxazole rings is 1. The van der Waals surface area contributed by atoms with Crippen molar-refractivity contribution in [2.75, 3.05) is 11.9 Å². The summed E-state index contributed by atoms with van der Waals surface area (Å²) < 4.78 is 4.85. The second-order valence-corrected chi connectivity index (χ2v) is 1.40. The van der Waals surface area contributed by atoms with Crippen LogP contribution in [0.15, 0.2) is 17.0 Å². The predicted octanol–water partition coefficient (Wildman–Crippen LogP) is 1.11. The Morgan fingerprint density at radius 1 is 1.88 bits per heavy atom. The smallest absolute Gasteiger partial charge is 0.213 e. The SMILES string of the molecule is CCNc1cnco1. The van der Waals surface area contributed by atoms with Gasteiger partial charge in [0.1, 0.15) is 0 Å². The van der Waals surface area contributed by atoms with E-state index in [0.717, 1.165) is 12.4 Å². The first-order valence-electron chi connectivity index (χ1n) is 2.56. The fourth-order valence-corrected chi connectivity index (χ4v) is 0.477. The topological polar surface area (TPSA) is 38.1 Å². The van der Waals surface area contributed by atoms with Crippen LogP contribution in [0.4, 0.5) is 5.88 Å². The number of hydrogen-bond donors (Lipinski definition) is 1. The van der Waals surface area contributed by atoms with Gasteiger partial charge in [-0.1, -0.05) is 0 Å². The Balaban J connectivity index is 2.50. The molecule has 0 aliphatic heterocycles. The minimum absolute atomic E-state index is 0.729. The molecule has 0 radical (unpaired) electrons. The van der Waals surface area contributed by atoms with Crippen LogP contribution in [0.5, 0.6) is 0 Å². The van der Waals surface area contributed by atoms with Crippen LogP contribution in [0.1, 0.15) is 6.92 Å². The Bertz CT molecular complexity index is 136. The molecule has 0 amide bonds. The maximum Gasteiger partial charge on any atom is 0.213 e. The lowest BCUT2D eigenvalue weighted by atomic mass is 10.7. The summed E-state index contributed by atoms with van der Waals surface area (Å²) in [5.41, 5.74) is 0. The molecule has 0 unspecified atom stereocenters. The molecular formula is C5H8N2O. The molecular weight excluding hydrogens is 104 g/mol. The third-order valence-electron chi connectivity index (χ3n) is 0.783. The van der Waals surface area contributed by atoms with Gasteiger partial charge in [-0.05, 0) is 6.92 Å². The summed E-state index contributed by atoms with van der Waals surface area (Å²) in [5, 5.41) is 2.96. The van der Waals surface area contributed by atoms with Crippen molar-refractivity contribution in [3.8, 4) is 0 Å². The quantitative estimate of drug-likeness (QED) is 0.622. The molecule has 0 aliphatic rings. The molecule has 1 N–H and O–H groups in total. The normalized spacial score (nSPS) is 9.12. The molecule has 1 heterocycles. The van der Waals surface area contributed by atoms with E-state index in [4.69, 9.17) is 4.42 Å². The van der Waals surface area contributed by atoms with Gasteiger partial charge in [-0.25, -0.2) is 4.98 Å². The van der Waals surface area contributed by atoms with E-state index in [2.05, 4.69) is 10.3 Å². The molecule has 0 atom stereocenters. The molecule has 1 aromatic heterocycles. The summed E-state index contributed by atoms with van der Waals surface area (Å²) in [6.45, 7) is 2.87. The highest BCUT2D eigenvalue weighted by Crippen LogP contribution is 2.00. The van der Waals surface area contributed by atoms with Crippen LogP contribution in [0.3, 0.4) is 0 Å². The Kier molecular flexibility index (Phi) is 1.51. The van der Waals surface area contributed by atoms with Crippen molar-refractivity contribution in [1.29, 1.82) is 0 Å². The third kappa shape index (κ3) is 0.992. The number of aromatic nitrogens is 1. The largest absolute Gasteiger partial charge is 0.428 e. The number of rotatable bonds is 2. The molecule has 0 saturated heterocycles. The van der Waals surface area contributed by atoms with E-state index >= 15 is 0 Å². The number of hydrogen-bond acceptors (Lipinski definition) is 3. The van der Waals surface area contributed by atoms with Gasteiger partial charge < -0.3 is 9.73 Å². The van der Waals surface area contributed by atoms with Crippen molar-refractivity contribution >= 4 is 5.88 Å². The molecule has 0 bridgehead atoms. The molecule has 8 heavy (non-hydrogen) atoms. The zero-order chi connectivity index (χ0) is 5.82. The van der Waals surface area contributed by atoms with Crippen LogP contribution in [-0.4, -0.2) is 11.5 Å². The molecule has 44 valence electrons. The van der Waals surface area contributed by atoms with E-state index in [0.29, 0.717) is 0 Å². The van der Waals surface area contributed by atoms with Crippen LogP contribution in [0.25, 0.3) is 0 Å². The van der Waals surface area contributed by atoms with Crippen LogP contribution in [0, 0.1) is 0 Å². The fourth-order valence-electron chi connectivity index (χ4n) is 0.477. The summed E-state index contributed by atoms with van der Waals surface area (Å²) >= 11 is 0. The van der Waals surface area contributed by atoms with E-state index in [9.17, 15) is 0 Å². The van der Waals surface area contributed by atoms with Gasteiger partial charge in [0, 0.05) is 6.54 Å². The lowest BCUT2D eigenvalue weighted by molar-refractivity contribution is 0.570. The van der Waals surface area contributed by atoms with Crippen molar-refractivity contribution in [2.24, 2.45) is 0 Å². The Labute approximate surface area is 47.7 Å². The Hall–Kier alpha value is -0.990. The molecule has 3 nitrogen and oxygen atoms in total. The zero-order valence-corrected chi connectivity index (χ0v) is 4.72. The minimum atomic E-state index is 0.729. The summed E-state index contributed by atoms with van der Waals surface area (Å²) in [5.74, 6) is 0.729. The van der Waals surface area contributed by atoms with Gasteiger partial charge >= 0.3 is 0 Å². The number of nitrogens with one attached hydrogen (secondary N) is 1. The van der Waals surface area contributed by atoms with Crippen molar-refractivity contribution in [1.82, 2.24) is 4.98 Å². The van der Waals surface area contributed by atoms with Crippen LogP contribution >= 0.6 is 0 Å². The van der Waals surface area contributed by atoms with Crippen LogP contribution in [0.2, 0.25) is 0 Å².